The molecule has 1 atom stereocenters. The maximum atomic E-state index is 12.0. The van der Waals surface area contributed by atoms with Gasteiger partial charge in [-0.3, -0.25) is 10.1 Å². The van der Waals surface area contributed by atoms with Crippen molar-refractivity contribution in [3.05, 3.63) is 45.8 Å². The molecule has 1 aliphatic heterocycles. The van der Waals surface area contributed by atoms with E-state index >= 15 is 0 Å². The largest absolute Gasteiger partial charge is 0.465 e. The number of benzene rings is 1. The lowest BCUT2D eigenvalue weighted by Crippen LogP contribution is -2.20. The summed E-state index contributed by atoms with van der Waals surface area (Å²) in [6, 6.07) is 4.05. The van der Waals surface area contributed by atoms with Crippen LogP contribution in [0.1, 0.15) is 33.6 Å². The molecule has 1 saturated heterocycles. The predicted octanol–water partition coefficient (Wildman–Crippen LogP) is 2.29. The van der Waals surface area contributed by atoms with Crippen LogP contribution < -0.4 is 10.6 Å². The Bertz CT molecular complexity index is 957. The summed E-state index contributed by atoms with van der Waals surface area (Å²) in [7, 11) is 2.39. The van der Waals surface area contributed by atoms with Gasteiger partial charge in [0.25, 0.3) is 0 Å². The summed E-state index contributed by atoms with van der Waals surface area (Å²) in [6.07, 6.45) is 2.90. The average molecular weight is 431 g/mol. The zero-order valence-corrected chi connectivity index (χ0v) is 16.9. The van der Waals surface area contributed by atoms with E-state index < -0.39 is 16.9 Å². The lowest BCUT2D eigenvalue weighted by Gasteiger charge is -2.13. The van der Waals surface area contributed by atoms with Crippen molar-refractivity contribution < 1.29 is 28.7 Å². The number of ether oxygens (including phenoxy) is 3. The third-order valence-corrected chi connectivity index (χ3v) is 4.56. The highest BCUT2D eigenvalue weighted by Crippen LogP contribution is 2.32. The van der Waals surface area contributed by atoms with Gasteiger partial charge in [-0.2, -0.15) is 0 Å². The molecule has 0 saturated carbocycles. The van der Waals surface area contributed by atoms with Crippen LogP contribution >= 0.6 is 0 Å². The Morgan fingerprint density at radius 2 is 1.81 bits per heavy atom. The van der Waals surface area contributed by atoms with E-state index in [1.54, 1.807) is 0 Å². The molecule has 1 aromatic heterocycles. The first kappa shape index (κ1) is 21.9. The summed E-state index contributed by atoms with van der Waals surface area (Å²) in [5, 5.41) is 17.5. The normalized spacial score (nSPS) is 15.2. The highest BCUT2D eigenvalue weighted by molar-refractivity contribution is 5.97. The summed E-state index contributed by atoms with van der Waals surface area (Å²) < 4.78 is 14.9. The Balaban J connectivity index is 1.93. The van der Waals surface area contributed by atoms with E-state index in [2.05, 4.69) is 20.6 Å². The van der Waals surface area contributed by atoms with Crippen molar-refractivity contribution in [3.63, 3.8) is 0 Å². The number of aromatic nitrogens is 2. The molecule has 0 bridgehead atoms. The number of carbonyl (C=O) groups is 2. The summed E-state index contributed by atoms with van der Waals surface area (Å²) in [5.74, 6) is -1.47. The molecule has 31 heavy (non-hydrogen) atoms. The Morgan fingerprint density at radius 3 is 2.35 bits per heavy atom. The number of carbonyl (C=O) groups excluding carboxylic acids is 2. The summed E-state index contributed by atoms with van der Waals surface area (Å²) in [4.78, 5) is 43.0. The van der Waals surface area contributed by atoms with E-state index in [9.17, 15) is 19.7 Å². The zero-order valence-electron chi connectivity index (χ0n) is 16.9. The van der Waals surface area contributed by atoms with Crippen LogP contribution in [0.15, 0.2) is 24.5 Å². The Kier molecular flexibility index (Phi) is 6.92. The SMILES string of the molecule is COC(=O)c1cc(Nc2ncnc(NCC3CCCO3)c2[N+](=O)[O-])cc(C(=O)OC)c1. The topological polar surface area (TPSA) is 155 Å². The van der Waals surface area contributed by atoms with E-state index in [0.717, 1.165) is 12.8 Å². The molecule has 164 valence electrons. The molecule has 3 rings (SSSR count). The molecule has 0 aliphatic carbocycles. The molecule has 0 amide bonds. The molecule has 1 aromatic carbocycles. The van der Waals surface area contributed by atoms with Gasteiger partial charge in [-0.05, 0) is 31.0 Å². The monoisotopic (exact) mass is 431 g/mol. The number of nitrogens with one attached hydrogen (secondary N) is 2. The van der Waals surface area contributed by atoms with Crippen LogP contribution in [0.2, 0.25) is 0 Å². The van der Waals surface area contributed by atoms with Crippen molar-refractivity contribution in [1.29, 1.82) is 0 Å². The second kappa shape index (κ2) is 9.80. The van der Waals surface area contributed by atoms with E-state index in [4.69, 9.17) is 14.2 Å². The van der Waals surface area contributed by atoms with Gasteiger partial charge in [-0.1, -0.05) is 0 Å². The minimum atomic E-state index is -0.690. The van der Waals surface area contributed by atoms with Gasteiger partial charge in [0.15, 0.2) is 0 Å². The lowest BCUT2D eigenvalue weighted by atomic mass is 10.1. The lowest BCUT2D eigenvalue weighted by molar-refractivity contribution is -0.383. The standard InChI is InChI=1S/C19H21N5O7/c1-29-18(25)11-6-12(19(26)30-2)8-13(7-11)23-17-15(24(27)28)16(21-10-22-17)20-9-14-4-3-5-31-14/h6-8,10,14H,3-5,9H2,1-2H3,(H2,20,21,22,23). The first-order valence-corrected chi connectivity index (χ1v) is 9.36. The Morgan fingerprint density at radius 1 is 1.16 bits per heavy atom. The molecule has 2 N–H and O–H groups in total. The Hall–Kier alpha value is -3.80. The third kappa shape index (κ3) is 5.22. The molecule has 0 radical (unpaired) electrons. The van der Waals surface area contributed by atoms with Gasteiger partial charge in [0.1, 0.15) is 6.33 Å². The van der Waals surface area contributed by atoms with Crippen LogP contribution in [0.5, 0.6) is 0 Å². The van der Waals surface area contributed by atoms with E-state index in [-0.39, 0.29) is 40.2 Å². The molecule has 12 nitrogen and oxygen atoms in total. The summed E-state index contributed by atoms with van der Waals surface area (Å²) in [6.45, 7) is 1.02. The number of nitrogens with zero attached hydrogens (tertiary/aromatic N) is 3. The molecule has 2 aromatic rings. The van der Waals surface area contributed by atoms with Crippen molar-refractivity contribution in [2.45, 2.75) is 18.9 Å². The first-order valence-electron chi connectivity index (χ1n) is 9.36. The minimum absolute atomic E-state index is 0.0234. The highest BCUT2D eigenvalue weighted by Gasteiger charge is 2.25. The van der Waals surface area contributed by atoms with Crippen LogP contribution in [-0.4, -0.2) is 60.3 Å². The smallest absolute Gasteiger partial charge is 0.353 e. The summed E-state index contributed by atoms with van der Waals surface area (Å²) in [5.41, 5.74) is -0.0681. The number of anilines is 3. The van der Waals surface area contributed by atoms with Gasteiger partial charge in [-0.15, -0.1) is 0 Å². The number of nitro groups is 1. The van der Waals surface area contributed by atoms with Gasteiger partial charge < -0.3 is 24.8 Å². The quantitative estimate of drug-likeness (QED) is 0.359. The van der Waals surface area contributed by atoms with E-state index in [1.165, 1.54) is 38.7 Å². The fourth-order valence-corrected chi connectivity index (χ4v) is 3.10. The number of methoxy groups -OCH3 is 2. The molecule has 1 unspecified atom stereocenters. The molecular formula is C19H21N5O7. The van der Waals surface area contributed by atoms with Gasteiger partial charge >= 0.3 is 17.6 Å². The molecular weight excluding hydrogens is 410 g/mol. The number of esters is 2. The van der Waals surface area contributed by atoms with Crippen LogP contribution in [0.25, 0.3) is 0 Å². The van der Waals surface area contributed by atoms with E-state index in [1.807, 2.05) is 0 Å². The summed E-state index contributed by atoms with van der Waals surface area (Å²) >= 11 is 0. The number of hydrogen-bond acceptors (Lipinski definition) is 11. The first-order chi connectivity index (χ1) is 14.9. The van der Waals surface area contributed by atoms with Crippen LogP contribution in [0.4, 0.5) is 23.0 Å². The van der Waals surface area contributed by atoms with Crippen LogP contribution in [0, 0.1) is 10.1 Å². The second-order valence-corrected chi connectivity index (χ2v) is 6.60. The van der Waals surface area contributed by atoms with Gasteiger partial charge in [0, 0.05) is 18.8 Å². The van der Waals surface area contributed by atoms with Gasteiger partial charge in [0.05, 0.1) is 36.4 Å². The molecule has 1 aliphatic rings. The van der Waals surface area contributed by atoms with Crippen molar-refractivity contribution in [1.82, 2.24) is 9.97 Å². The molecule has 0 spiro atoms. The number of hydrogen-bond donors (Lipinski definition) is 2. The fourth-order valence-electron chi connectivity index (χ4n) is 3.10. The van der Waals surface area contributed by atoms with Gasteiger partial charge in [-0.25, -0.2) is 19.6 Å². The van der Waals surface area contributed by atoms with Crippen molar-refractivity contribution in [2.24, 2.45) is 0 Å². The Labute approximate surface area is 177 Å². The minimum Gasteiger partial charge on any atom is -0.465 e. The van der Waals surface area contributed by atoms with Crippen LogP contribution in [-0.2, 0) is 14.2 Å². The molecule has 2 heterocycles. The van der Waals surface area contributed by atoms with Crippen molar-refractivity contribution >= 4 is 34.9 Å². The predicted molar refractivity (Wildman–Crippen MR) is 109 cm³/mol. The zero-order chi connectivity index (χ0) is 22.4. The van der Waals surface area contributed by atoms with Crippen LogP contribution in [0.3, 0.4) is 0 Å². The fraction of sp³-hybridized carbons (Fsp3) is 0.368. The second-order valence-electron chi connectivity index (χ2n) is 6.60. The third-order valence-electron chi connectivity index (χ3n) is 4.56. The van der Waals surface area contributed by atoms with E-state index in [0.29, 0.717) is 13.2 Å². The average Bonchev–Trinajstić information content (AvgIpc) is 3.29. The molecule has 12 heteroatoms. The highest BCUT2D eigenvalue weighted by atomic mass is 16.6. The maximum Gasteiger partial charge on any atom is 0.353 e. The van der Waals surface area contributed by atoms with Crippen molar-refractivity contribution in [2.75, 3.05) is 38.0 Å². The molecule has 1 fully saturated rings. The maximum absolute atomic E-state index is 12.0. The van der Waals surface area contributed by atoms with Gasteiger partial charge in [0.2, 0.25) is 11.6 Å². The van der Waals surface area contributed by atoms with Crippen molar-refractivity contribution in [3.8, 4) is 0 Å². The number of rotatable bonds is 8.